The molecule has 2 aromatic rings. The van der Waals surface area contributed by atoms with E-state index in [1.54, 1.807) is 25.3 Å². The van der Waals surface area contributed by atoms with E-state index < -0.39 is 0 Å². The minimum atomic E-state index is 0.0714. The molecule has 0 unspecified atom stereocenters. The lowest BCUT2D eigenvalue weighted by atomic mass is 10.1. The molecule has 1 amide bonds. The molecule has 0 aliphatic heterocycles. The van der Waals surface area contributed by atoms with Gasteiger partial charge in [0.1, 0.15) is 0 Å². The zero-order valence-corrected chi connectivity index (χ0v) is 11.7. The maximum absolute atomic E-state index is 12.2. The van der Waals surface area contributed by atoms with E-state index in [4.69, 9.17) is 4.74 Å². The van der Waals surface area contributed by atoms with Gasteiger partial charge < -0.3 is 9.64 Å². The summed E-state index contributed by atoms with van der Waals surface area (Å²) in [5.41, 5.74) is 1.92. The van der Waals surface area contributed by atoms with Crippen LogP contribution >= 0.6 is 0 Å². The fraction of sp³-hybridized carbons (Fsp3) is 0.250. The maximum Gasteiger partial charge on any atom is 0.227 e. The minimum absolute atomic E-state index is 0.0714. The second-order valence-corrected chi connectivity index (χ2v) is 4.58. The van der Waals surface area contributed by atoms with Crippen LogP contribution in [-0.2, 0) is 17.8 Å². The van der Waals surface area contributed by atoms with Crippen molar-refractivity contribution in [3.8, 4) is 5.88 Å². The van der Waals surface area contributed by atoms with Gasteiger partial charge in [-0.15, -0.1) is 0 Å². The first kappa shape index (κ1) is 14.1. The Labute approximate surface area is 119 Å². The van der Waals surface area contributed by atoms with Gasteiger partial charge in [0.2, 0.25) is 11.8 Å². The van der Waals surface area contributed by atoms with Gasteiger partial charge in [0, 0.05) is 18.8 Å². The molecule has 1 heterocycles. The van der Waals surface area contributed by atoms with Crippen LogP contribution in [0, 0.1) is 0 Å². The van der Waals surface area contributed by atoms with Gasteiger partial charge in [-0.3, -0.25) is 4.79 Å². The highest BCUT2D eigenvalue weighted by molar-refractivity contribution is 5.78. The molecule has 0 saturated heterocycles. The molecular formula is C16H18N2O2. The van der Waals surface area contributed by atoms with E-state index in [1.165, 1.54) is 0 Å². The van der Waals surface area contributed by atoms with Gasteiger partial charge in [-0.1, -0.05) is 36.4 Å². The molecule has 4 heteroatoms. The summed E-state index contributed by atoms with van der Waals surface area (Å²) in [5.74, 6) is 0.633. The molecule has 0 radical (unpaired) electrons. The highest BCUT2D eigenvalue weighted by Crippen LogP contribution is 2.15. The van der Waals surface area contributed by atoms with Crippen LogP contribution in [0.25, 0.3) is 0 Å². The molecule has 104 valence electrons. The van der Waals surface area contributed by atoms with E-state index >= 15 is 0 Å². The second kappa shape index (κ2) is 6.70. The Bertz CT molecular complexity index is 570. The van der Waals surface area contributed by atoms with Crippen LogP contribution < -0.4 is 4.74 Å². The van der Waals surface area contributed by atoms with Crippen LogP contribution in [0.1, 0.15) is 11.1 Å². The number of ether oxygens (including phenoxy) is 1. The van der Waals surface area contributed by atoms with Gasteiger partial charge in [0.05, 0.1) is 20.1 Å². The Morgan fingerprint density at radius 3 is 2.65 bits per heavy atom. The summed E-state index contributed by atoms with van der Waals surface area (Å²) in [4.78, 5) is 18.0. The third-order valence-electron chi connectivity index (χ3n) is 3.07. The fourth-order valence-electron chi connectivity index (χ4n) is 1.98. The largest absolute Gasteiger partial charge is 0.481 e. The summed E-state index contributed by atoms with van der Waals surface area (Å²) in [6.45, 7) is 0.489. The maximum atomic E-state index is 12.2. The number of carbonyl (C=O) groups is 1. The van der Waals surface area contributed by atoms with Crippen molar-refractivity contribution in [1.82, 2.24) is 9.88 Å². The Kier molecular flexibility index (Phi) is 4.71. The van der Waals surface area contributed by atoms with Crippen LogP contribution in [0.15, 0.2) is 48.7 Å². The van der Waals surface area contributed by atoms with E-state index in [2.05, 4.69) is 4.98 Å². The highest BCUT2D eigenvalue weighted by Gasteiger charge is 2.12. The molecule has 0 atom stereocenters. The van der Waals surface area contributed by atoms with E-state index in [9.17, 15) is 4.79 Å². The zero-order valence-electron chi connectivity index (χ0n) is 11.7. The molecule has 0 fully saturated rings. The molecule has 20 heavy (non-hydrogen) atoms. The second-order valence-electron chi connectivity index (χ2n) is 4.58. The van der Waals surface area contributed by atoms with Gasteiger partial charge in [-0.05, 0) is 11.6 Å². The van der Waals surface area contributed by atoms with Gasteiger partial charge in [-0.25, -0.2) is 4.98 Å². The lowest BCUT2D eigenvalue weighted by Gasteiger charge is -2.18. The summed E-state index contributed by atoms with van der Waals surface area (Å²) in [5, 5.41) is 0. The van der Waals surface area contributed by atoms with Gasteiger partial charge in [0.15, 0.2) is 0 Å². The number of benzene rings is 1. The SMILES string of the molecule is COc1ncccc1CN(C)C(=O)Cc1ccccc1. The molecule has 4 nitrogen and oxygen atoms in total. The monoisotopic (exact) mass is 270 g/mol. The van der Waals surface area contributed by atoms with Crippen LogP contribution in [0.2, 0.25) is 0 Å². The molecule has 0 aliphatic carbocycles. The number of rotatable bonds is 5. The first-order chi connectivity index (χ1) is 9.70. The van der Waals surface area contributed by atoms with Crippen molar-refractivity contribution in [3.05, 3.63) is 59.8 Å². The van der Waals surface area contributed by atoms with Crippen molar-refractivity contribution in [3.63, 3.8) is 0 Å². The topological polar surface area (TPSA) is 42.4 Å². The normalized spacial score (nSPS) is 10.1. The van der Waals surface area contributed by atoms with Crippen molar-refractivity contribution in [1.29, 1.82) is 0 Å². The average Bonchev–Trinajstić information content (AvgIpc) is 2.48. The third-order valence-corrected chi connectivity index (χ3v) is 3.07. The number of methoxy groups -OCH3 is 1. The molecule has 0 aliphatic rings. The van der Waals surface area contributed by atoms with E-state index in [1.807, 2.05) is 42.5 Å². The predicted molar refractivity (Wildman–Crippen MR) is 77.4 cm³/mol. The summed E-state index contributed by atoms with van der Waals surface area (Å²) < 4.78 is 5.20. The Morgan fingerprint density at radius 1 is 1.20 bits per heavy atom. The fourth-order valence-corrected chi connectivity index (χ4v) is 1.98. The summed E-state index contributed by atoms with van der Waals surface area (Å²) in [6.07, 6.45) is 2.08. The quantitative estimate of drug-likeness (QED) is 0.837. The Balaban J connectivity index is 2.01. The number of likely N-dealkylation sites (N-methyl/N-ethyl adjacent to an activating group) is 1. The molecule has 2 rings (SSSR count). The molecule has 0 N–H and O–H groups in total. The smallest absolute Gasteiger partial charge is 0.227 e. The summed E-state index contributed by atoms with van der Waals surface area (Å²) in [7, 11) is 3.37. The number of pyridine rings is 1. The standard InChI is InChI=1S/C16H18N2O2/c1-18(12-14-9-6-10-17-16(14)20-2)15(19)11-13-7-4-3-5-8-13/h3-10H,11-12H2,1-2H3. The van der Waals surface area contributed by atoms with Gasteiger partial charge in [-0.2, -0.15) is 0 Å². The van der Waals surface area contributed by atoms with Crippen LogP contribution in [0.5, 0.6) is 5.88 Å². The molecule has 0 bridgehead atoms. The lowest BCUT2D eigenvalue weighted by molar-refractivity contribution is -0.129. The van der Waals surface area contributed by atoms with Crippen molar-refractivity contribution in [2.24, 2.45) is 0 Å². The van der Waals surface area contributed by atoms with Crippen molar-refractivity contribution in [2.45, 2.75) is 13.0 Å². The molecule has 0 saturated carbocycles. The van der Waals surface area contributed by atoms with Crippen LogP contribution in [-0.4, -0.2) is 29.9 Å². The minimum Gasteiger partial charge on any atom is -0.481 e. The number of amides is 1. The average molecular weight is 270 g/mol. The molecular weight excluding hydrogens is 252 g/mol. The Hall–Kier alpha value is -2.36. The summed E-state index contributed by atoms with van der Waals surface area (Å²) in [6, 6.07) is 13.5. The predicted octanol–water partition coefficient (Wildman–Crippen LogP) is 2.29. The van der Waals surface area contributed by atoms with E-state index in [-0.39, 0.29) is 5.91 Å². The number of hydrogen-bond donors (Lipinski definition) is 0. The van der Waals surface area contributed by atoms with Gasteiger partial charge >= 0.3 is 0 Å². The summed E-state index contributed by atoms with van der Waals surface area (Å²) >= 11 is 0. The number of hydrogen-bond acceptors (Lipinski definition) is 3. The first-order valence-corrected chi connectivity index (χ1v) is 6.46. The molecule has 0 spiro atoms. The zero-order chi connectivity index (χ0) is 14.4. The number of carbonyl (C=O) groups excluding carboxylic acids is 1. The van der Waals surface area contributed by atoms with Gasteiger partial charge in [0.25, 0.3) is 0 Å². The van der Waals surface area contributed by atoms with Crippen molar-refractivity contribution >= 4 is 5.91 Å². The molecule has 1 aromatic heterocycles. The van der Waals surface area contributed by atoms with Crippen molar-refractivity contribution in [2.75, 3.05) is 14.2 Å². The Morgan fingerprint density at radius 2 is 1.95 bits per heavy atom. The van der Waals surface area contributed by atoms with E-state index in [0.29, 0.717) is 18.8 Å². The number of nitrogens with zero attached hydrogens (tertiary/aromatic N) is 2. The first-order valence-electron chi connectivity index (χ1n) is 6.46. The molecule has 1 aromatic carbocycles. The van der Waals surface area contributed by atoms with Crippen LogP contribution in [0.4, 0.5) is 0 Å². The highest BCUT2D eigenvalue weighted by atomic mass is 16.5. The van der Waals surface area contributed by atoms with Crippen molar-refractivity contribution < 1.29 is 9.53 Å². The number of aromatic nitrogens is 1. The van der Waals surface area contributed by atoms with E-state index in [0.717, 1.165) is 11.1 Å². The lowest BCUT2D eigenvalue weighted by Crippen LogP contribution is -2.28. The third kappa shape index (κ3) is 3.57. The van der Waals surface area contributed by atoms with Crippen LogP contribution in [0.3, 0.4) is 0 Å².